The van der Waals surface area contributed by atoms with Gasteiger partial charge in [-0.25, -0.2) is 5.06 Å². The summed E-state index contributed by atoms with van der Waals surface area (Å²) in [5.41, 5.74) is -2.04. The molecular formula is C32H32F6N2O3. The molecule has 2 saturated heterocycles. The van der Waals surface area contributed by atoms with Gasteiger partial charge in [0.15, 0.2) is 0 Å². The Morgan fingerprint density at radius 1 is 0.884 bits per heavy atom. The van der Waals surface area contributed by atoms with Crippen molar-refractivity contribution in [1.29, 1.82) is 0 Å². The molecule has 0 aliphatic carbocycles. The van der Waals surface area contributed by atoms with Gasteiger partial charge in [-0.15, -0.1) is 0 Å². The third-order valence-electron chi connectivity index (χ3n) is 8.64. The fraction of sp³-hybridized carbons (Fsp3) is 0.406. The van der Waals surface area contributed by atoms with Crippen LogP contribution in [0.5, 0.6) is 0 Å². The van der Waals surface area contributed by atoms with Gasteiger partial charge >= 0.3 is 12.4 Å². The zero-order valence-electron chi connectivity index (χ0n) is 23.7. The van der Waals surface area contributed by atoms with E-state index in [1.54, 1.807) is 7.05 Å². The van der Waals surface area contributed by atoms with E-state index in [4.69, 9.17) is 9.57 Å². The van der Waals surface area contributed by atoms with E-state index in [2.05, 4.69) is 4.90 Å². The van der Waals surface area contributed by atoms with E-state index in [-0.39, 0.29) is 23.6 Å². The summed E-state index contributed by atoms with van der Waals surface area (Å²) in [7, 11) is 2.95. The first kappa shape index (κ1) is 31.0. The van der Waals surface area contributed by atoms with Crippen LogP contribution in [0.15, 0.2) is 78.9 Å². The number of fused-ring (bicyclic) bond motifs is 2. The Bertz CT molecular complexity index is 1380. The van der Waals surface area contributed by atoms with Crippen LogP contribution in [0.1, 0.15) is 47.1 Å². The molecule has 2 bridgehead atoms. The third-order valence-corrected chi connectivity index (χ3v) is 8.64. The topological polar surface area (TPSA) is 42.0 Å². The van der Waals surface area contributed by atoms with Crippen LogP contribution < -0.4 is 0 Å². The molecule has 2 aliphatic heterocycles. The number of benzene rings is 3. The highest BCUT2D eigenvalue weighted by Crippen LogP contribution is 2.55. The van der Waals surface area contributed by atoms with Crippen molar-refractivity contribution in [2.45, 2.75) is 62.5 Å². The van der Waals surface area contributed by atoms with E-state index >= 15 is 0 Å². The molecule has 230 valence electrons. The van der Waals surface area contributed by atoms with Crippen molar-refractivity contribution in [1.82, 2.24) is 9.96 Å². The second-order valence-electron chi connectivity index (χ2n) is 11.1. The van der Waals surface area contributed by atoms with Crippen molar-refractivity contribution in [3.05, 3.63) is 107 Å². The van der Waals surface area contributed by atoms with E-state index in [0.717, 1.165) is 11.1 Å². The van der Waals surface area contributed by atoms with Gasteiger partial charge < -0.3 is 4.74 Å². The second kappa shape index (κ2) is 11.9. The van der Waals surface area contributed by atoms with Crippen LogP contribution in [0.3, 0.4) is 0 Å². The van der Waals surface area contributed by atoms with Gasteiger partial charge in [0, 0.05) is 19.6 Å². The zero-order valence-corrected chi connectivity index (χ0v) is 23.7. The van der Waals surface area contributed by atoms with Gasteiger partial charge in [0.05, 0.1) is 42.4 Å². The lowest BCUT2D eigenvalue weighted by molar-refractivity contribution is -0.174. The van der Waals surface area contributed by atoms with Crippen LogP contribution in [0.25, 0.3) is 0 Å². The van der Waals surface area contributed by atoms with Crippen molar-refractivity contribution in [3.8, 4) is 0 Å². The Labute approximate surface area is 245 Å². The number of rotatable bonds is 8. The largest absolute Gasteiger partial charge is 0.416 e. The van der Waals surface area contributed by atoms with E-state index < -0.39 is 47.6 Å². The summed E-state index contributed by atoms with van der Waals surface area (Å²) >= 11 is 0. The molecule has 5 nitrogen and oxygen atoms in total. The number of alkyl halides is 6. The Kier molecular flexibility index (Phi) is 8.61. The van der Waals surface area contributed by atoms with Crippen LogP contribution in [0, 0.1) is 5.92 Å². The molecule has 1 amide bonds. The van der Waals surface area contributed by atoms with Gasteiger partial charge in [0.1, 0.15) is 0 Å². The first-order chi connectivity index (χ1) is 20.3. The molecule has 3 aromatic rings. The van der Waals surface area contributed by atoms with Crippen molar-refractivity contribution >= 4 is 5.91 Å². The molecule has 0 radical (unpaired) electrons. The highest BCUT2D eigenvalue weighted by atomic mass is 19.4. The Morgan fingerprint density at radius 2 is 1.47 bits per heavy atom. The molecule has 4 unspecified atom stereocenters. The van der Waals surface area contributed by atoms with E-state index in [1.807, 2.05) is 60.7 Å². The van der Waals surface area contributed by atoms with Crippen molar-refractivity contribution < 1.29 is 40.7 Å². The predicted molar refractivity (Wildman–Crippen MR) is 146 cm³/mol. The van der Waals surface area contributed by atoms with Crippen LogP contribution >= 0.6 is 0 Å². The number of ether oxygens (including phenoxy) is 1. The standard InChI is InChI=1S/C32H32F6N2O3/c1-39(42-2)29(41)26-18-30(23-11-7-4-8-12-23)28(14-13-27(26)40(30)19-21-9-5-3-6-10-21)43-20-22-15-24(31(33,34)35)17-25(16-22)32(36,37)38/h3-12,15-17,26-28H,13-14,18-20H2,1-2H3. The molecular weight excluding hydrogens is 574 g/mol. The van der Waals surface area contributed by atoms with Gasteiger partial charge in [0.25, 0.3) is 5.91 Å². The zero-order chi connectivity index (χ0) is 31.0. The van der Waals surface area contributed by atoms with Crippen molar-refractivity contribution in [3.63, 3.8) is 0 Å². The fourth-order valence-electron chi connectivity index (χ4n) is 6.67. The molecule has 0 spiro atoms. The molecule has 0 N–H and O–H groups in total. The summed E-state index contributed by atoms with van der Waals surface area (Å²) in [4.78, 5) is 21.0. The van der Waals surface area contributed by atoms with Gasteiger partial charge in [0.2, 0.25) is 0 Å². The normalized spacial score (nSPS) is 24.2. The molecule has 4 atom stereocenters. The molecule has 43 heavy (non-hydrogen) atoms. The van der Waals surface area contributed by atoms with Crippen LogP contribution in [-0.2, 0) is 45.4 Å². The minimum atomic E-state index is -4.96. The lowest BCUT2D eigenvalue weighted by Crippen LogP contribution is -2.56. The number of carbonyl (C=O) groups is 1. The molecule has 0 aromatic heterocycles. The molecule has 11 heteroatoms. The molecule has 2 aliphatic rings. The number of nitrogens with zero attached hydrogens (tertiary/aromatic N) is 2. The molecule has 2 heterocycles. The maximum absolute atomic E-state index is 13.6. The van der Waals surface area contributed by atoms with E-state index in [9.17, 15) is 31.1 Å². The van der Waals surface area contributed by atoms with Gasteiger partial charge in [-0.05, 0) is 54.2 Å². The van der Waals surface area contributed by atoms with Crippen LogP contribution in [0.2, 0.25) is 0 Å². The molecule has 2 fully saturated rings. The van der Waals surface area contributed by atoms with Gasteiger partial charge in [-0.2, -0.15) is 26.3 Å². The van der Waals surface area contributed by atoms with Gasteiger partial charge in [-0.1, -0.05) is 60.7 Å². The number of piperidine rings is 1. The van der Waals surface area contributed by atoms with Crippen LogP contribution in [-0.4, -0.2) is 42.2 Å². The lowest BCUT2D eigenvalue weighted by atomic mass is 9.78. The summed E-state index contributed by atoms with van der Waals surface area (Å²) in [6.07, 6.45) is -9.23. The van der Waals surface area contributed by atoms with E-state index in [0.29, 0.717) is 37.9 Å². The fourth-order valence-corrected chi connectivity index (χ4v) is 6.67. The average Bonchev–Trinajstić information content (AvgIpc) is 3.19. The smallest absolute Gasteiger partial charge is 0.371 e. The maximum Gasteiger partial charge on any atom is 0.416 e. The number of halogens is 6. The lowest BCUT2D eigenvalue weighted by Gasteiger charge is -2.50. The van der Waals surface area contributed by atoms with Crippen LogP contribution in [0.4, 0.5) is 26.3 Å². The number of hydrogen-bond donors (Lipinski definition) is 0. The summed E-state index contributed by atoms with van der Waals surface area (Å²) in [6, 6.07) is 20.4. The summed E-state index contributed by atoms with van der Waals surface area (Å²) < 4.78 is 87.6. The second-order valence-corrected chi connectivity index (χ2v) is 11.1. The summed E-state index contributed by atoms with van der Waals surface area (Å²) in [6.45, 7) is -0.00476. The molecule has 0 saturated carbocycles. The highest BCUT2D eigenvalue weighted by Gasteiger charge is 2.61. The third kappa shape index (κ3) is 6.16. The summed E-state index contributed by atoms with van der Waals surface area (Å²) in [5.74, 6) is -0.690. The highest BCUT2D eigenvalue weighted by molar-refractivity contribution is 5.79. The van der Waals surface area contributed by atoms with Crippen molar-refractivity contribution in [2.24, 2.45) is 5.92 Å². The Balaban J connectivity index is 1.56. The predicted octanol–water partition coefficient (Wildman–Crippen LogP) is 7.21. The monoisotopic (exact) mass is 606 g/mol. The average molecular weight is 607 g/mol. The van der Waals surface area contributed by atoms with E-state index in [1.165, 1.54) is 12.2 Å². The first-order valence-electron chi connectivity index (χ1n) is 13.9. The summed E-state index contributed by atoms with van der Waals surface area (Å²) in [5, 5.41) is 1.20. The maximum atomic E-state index is 13.6. The Hall–Kier alpha value is -3.41. The minimum absolute atomic E-state index is 0.112. The molecule has 3 aromatic carbocycles. The number of amides is 1. The Morgan fingerprint density at radius 3 is 2.02 bits per heavy atom. The molecule has 5 rings (SSSR count). The minimum Gasteiger partial charge on any atom is -0.371 e. The SMILES string of the molecule is CON(C)C(=O)C1CC2(c3ccccc3)C(OCc3cc(C(F)(F)F)cc(C(F)(F)F)c3)CCC1N2Cc1ccccc1. The van der Waals surface area contributed by atoms with Crippen molar-refractivity contribution in [2.75, 3.05) is 14.2 Å². The number of carbonyl (C=O) groups excluding carboxylic acids is 1. The quantitative estimate of drug-likeness (QED) is 0.201. The first-order valence-corrected chi connectivity index (χ1v) is 13.9. The number of hydrogen-bond acceptors (Lipinski definition) is 4. The van der Waals surface area contributed by atoms with Gasteiger partial charge in [-0.3, -0.25) is 14.5 Å². The number of hydroxylamine groups is 2.